The van der Waals surface area contributed by atoms with Gasteiger partial charge in [0, 0.05) is 6.54 Å². The molecule has 0 aromatic heterocycles. The van der Waals surface area contributed by atoms with Crippen LogP contribution in [-0.2, 0) is 14.9 Å². The lowest BCUT2D eigenvalue weighted by Crippen LogP contribution is -2.44. The van der Waals surface area contributed by atoms with Crippen LogP contribution >= 0.6 is 0 Å². The molecule has 0 bridgehead atoms. The van der Waals surface area contributed by atoms with Crippen LogP contribution in [0.15, 0.2) is 24.3 Å². The van der Waals surface area contributed by atoms with Gasteiger partial charge in [-0.2, -0.15) is 0 Å². The zero-order valence-electron chi connectivity index (χ0n) is 13.2. The van der Waals surface area contributed by atoms with Gasteiger partial charge in [-0.15, -0.1) is 0 Å². The minimum absolute atomic E-state index is 0.118. The Kier molecular flexibility index (Phi) is 6.82. The number of carbonyl (C=O) groups is 1. The second kappa shape index (κ2) is 8.13. The molecule has 1 aromatic carbocycles. The Balaban J connectivity index is 3.09. The summed E-state index contributed by atoms with van der Waals surface area (Å²) in [7, 11) is 0. The van der Waals surface area contributed by atoms with Crippen molar-refractivity contribution in [1.29, 1.82) is 0 Å². The summed E-state index contributed by atoms with van der Waals surface area (Å²) in [6.07, 6.45) is 2.42. The van der Waals surface area contributed by atoms with Crippen LogP contribution in [0.25, 0.3) is 0 Å². The van der Waals surface area contributed by atoms with Crippen molar-refractivity contribution in [1.82, 2.24) is 0 Å². The maximum Gasteiger partial charge on any atom is 0.317 e. The van der Waals surface area contributed by atoms with Gasteiger partial charge in [-0.05, 0) is 37.0 Å². The van der Waals surface area contributed by atoms with Crippen molar-refractivity contribution in [3.63, 3.8) is 0 Å². The highest BCUT2D eigenvalue weighted by molar-refractivity contribution is 5.83. The zero-order chi connectivity index (χ0) is 15.9. The Morgan fingerprint density at radius 3 is 2.67 bits per heavy atom. The topological polar surface area (TPSA) is 52.3 Å². The molecule has 4 heteroatoms. The summed E-state index contributed by atoms with van der Waals surface area (Å²) in [4.78, 5) is 12.5. The lowest BCUT2D eigenvalue weighted by atomic mass is 9.75. The molecule has 0 heterocycles. The van der Waals surface area contributed by atoms with E-state index >= 15 is 0 Å². The van der Waals surface area contributed by atoms with Crippen LogP contribution < -0.4 is 5.73 Å². The molecule has 1 aromatic rings. The zero-order valence-corrected chi connectivity index (χ0v) is 13.2. The molecule has 0 aliphatic carbocycles. The summed E-state index contributed by atoms with van der Waals surface area (Å²) in [6.45, 7) is 6.44. The van der Waals surface area contributed by atoms with Gasteiger partial charge in [-0.1, -0.05) is 38.8 Å². The van der Waals surface area contributed by atoms with E-state index < -0.39 is 5.41 Å². The molecular weight excluding hydrogens is 269 g/mol. The molecule has 1 unspecified atom stereocenters. The minimum Gasteiger partial charge on any atom is -0.465 e. The molecule has 1 rings (SSSR count). The van der Waals surface area contributed by atoms with Gasteiger partial charge in [0.15, 0.2) is 0 Å². The fourth-order valence-electron chi connectivity index (χ4n) is 2.53. The van der Waals surface area contributed by atoms with Crippen molar-refractivity contribution >= 4 is 5.97 Å². The summed E-state index contributed by atoms with van der Waals surface area (Å²) >= 11 is 0. The van der Waals surface area contributed by atoms with Gasteiger partial charge in [0.1, 0.15) is 11.2 Å². The average Bonchev–Trinajstić information content (AvgIpc) is 2.43. The Bertz CT molecular complexity index is 462. The summed E-state index contributed by atoms with van der Waals surface area (Å²) in [5.74, 6) is -0.171. The number of benzene rings is 1. The standard InChI is InChI=1S/C17H26FNO2/c1-4-21-16(20)17(12-19,10-6-7-13(2)3)14-8-5-9-15(18)11-14/h5,8-9,11,13H,4,6-7,10,12,19H2,1-3H3. The van der Waals surface area contributed by atoms with Crippen molar-refractivity contribution in [2.75, 3.05) is 13.2 Å². The van der Waals surface area contributed by atoms with Gasteiger partial charge in [-0.3, -0.25) is 4.79 Å². The van der Waals surface area contributed by atoms with Crippen molar-refractivity contribution in [2.45, 2.75) is 45.4 Å². The quantitative estimate of drug-likeness (QED) is 0.748. The van der Waals surface area contributed by atoms with Crippen LogP contribution in [0.2, 0.25) is 0 Å². The molecule has 0 aliphatic heterocycles. The first-order chi connectivity index (χ1) is 9.96. The van der Waals surface area contributed by atoms with Crippen LogP contribution in [0.3, 0.4) is 0 Å². The van der Waals surface area contributed by atoms with Crippen LogP contribution in [0.5, 0.6) is 0 Å². The normalized spacial score (nSPS) is 14.0. The van der Waals surface area contributed by atoms with E-state index in [4.69, 9.17) is 10.5 Å². The van der Waals surface area contributed by atoms with E-state index in [2.05, 4.69) is 13.8 Å². The third-order valence-corrected chi connectivity index (χ3v) is 3.78. The largest absolute Gasteiger partial charge is 0.465 e. The third kappa shape index (κ3) is 4.53. The summed E-state index contributed by atoms with van der Waals surface area (Å²) in [6, 6.07) is 6.11. The monoisotopic (exact) mass is 295 g/mol. The van der Waals surface area contributed by atoms with Gasteiger partial charge in [-0.25, -0.2) is 4.39 Å². The lowest BCUT2D eigenvalue weighted by molar-refractivity contribution is -0.150. The van der Waals surface area contributed by atoms with E-state index in [0.717, 1.165) is 12.8 Å². The van der Waals surface area contributed by atoms with Gasteiger partial charge < -0.3 is 10.5 Å². The first-order valence-corrected chi connectivity index (χ1v) is 7.59. The Morgan fingerprint density at radius 1 is 1.43 bits per heavy atom. The average molecular weight is 295 g/mol. The third-order valence-electron chi connectivity index (χ3n) is 3.78. The molecule has 0 radical (unpaired) electrons. The maximum absolute atomic E-state index is 13.5. The Labute approximate surface area is 126 Å². The number of halogens is 1. The number of nitrogens with two attached hydrogens (primary N) is 1. The fraction of sp³-hybridized carbons (Fsp3) is 0.588. The number of carbonyl (C=O) groups excluding carboxylic acids is 1. The molecule has 0 aliphatic rings. The van der Waals surface area contributed by atoms with Crippen LogP contribution in [0.1, 0.15) is 45.6 Å². The van der Waals surface area contributed by atoms with E-state index in [9.17, 15) is 9.18 Å². The minimum atomic E-state index is -0.951. The van der Waals surface area contributed by atoms with E-state index in [1.54, 1.807) is 19.1 Å². The van der Waals surface area contributed by atoms with Crippen molar-refractivity contribution in [3.8, 4) is 0 Å². The molecule has 0 fully saturated rings. The smallest absolute Gasteiger partial charge is 0.317 e. The van der Waals surface area contributed by atoms with Gasteiger partial charge in [0.05, 0.1) is 6.61 Å². The van der Waals surface area contributed by atoms with E-state index in [1.807, 2.05) is 0 Å². The molecule has 0 amide bonds. The first kappa shape index (κ1) is 17.6. The molecule has 2 N–H and O–H groups in total. The van der Waals surface area contributed by atoms with Crippen LogP contribution in [0.4, 0.5) is 4.39 Å². The molecule has 1 atom stereocenters. The van der Waals surface area contributed by atoms with Crippen molar-refractivity contribution < 1.29 is 13.9 Å². The van der Waals surface area contributed by atoms with Gasteiger partial charge in [0.25, 0.3) is 0 Å². The second-order valence-corrected chi connectivity index (χ2v) is 5.80. The molecule has 0 saturated carbocycles. The summed E-state index contributed by atoms with van der Waals surface area (Å²) in [5.41, 5.74) is 5.57. The predicted octanol–water partition coefficient (Wildman–Crippen LogP) is 3.41. The molecule has 118 valence electrons. The Morgan fingerprint density at radius 2 is 2.14 bits per heavy atom. The Hall–Kier alpha value is -1.42. The first-order valence-electron chi connectivity index (χ1n) is 7.59. The second-order valence-electron chi connectivity index (χ2n) is 5.80. The number of hydrogen-bond acceptors (Lipinski definition) is 3. The number of hydrogen-bond donors (Lipinski definition) is 1. The van der Waals surface area contributed by atoms with E-state index in [-0.39, 0.29) is 18.3 Å². The summed E-state index contributed by atoms with van der Waals surface area (Å²) in [5, 5.41) is 0. The molecule has 21 heavy (non-hydrogen) atoms. The number of esters is 1. The highest BCUT2D eigenvalue weighted by Gasteiger charge is 2.40. The fourth-order valence-corrected chi connectivity index (χ4v) is 2.53. The molecule has 0 saturated heterocycles. The molecule has 3 nitrogen and oxygen atoms in total. The SMILES string of the molecule is CCOC(=O)C(CN)(CCCC(C)C)c1cccc(F)c1. The lowest BCUT2D eigenvalue weighted by Gasteiger charge is -2.31. The van der Waals surface area contributed by atoms with Crippen molar-refractivity contribution in [3.05, 3.63) is 35.6 Å². The summed E-state index contributed by atoms with van der Waals surface area (Å²) < 4.78 is 18.7. The van der Waals surface area contributed by atoms with Crippen molar-refractivity contribution in [2.24, 2.45) is 11.7 Å². The molecular formula is C17H26FNO2. The van der Waals surface area contributed by atoms with E-state index in [1.165, 1.54) is 12.1 Å². The predicted molar refractivity (Wildman–Crippen MR) is 82.5 cm³/mol. The highest BCUT2D eigenvalue weighted by atomic mass is 19.1. The highest BCUT2D eigenvalue weighted by Crippen LogP contribution is 2.32. The number of rotatable bonds is 8. The molecule has 0 spiro atoms. The maximum atomic E-state index is 13.5. The van der Waals surface area contributed by atoms with E-state index in [0.29, 0.717) is 24.5 Å². The van der Waals surface area contributed by atoms with Crippen LogP contribution in [0, 0.1) is 11.7 Å². The van der Waals surface area contributed by atoms with Gasteiger partial charge in [0.2, 0.25) is 0 Å². The van der Waals surface area contributed by atoms with Gasteiger partial charge >= 0.3 is 5.97 Å². The van der Waals surface area contributed by atoms with Crippen LogP contribution in [-0.4, -0.2) is 19.1 Å². The number of ether oxygens (including phenoxy) is 1.